The van der Waals surface area contributed by atoms with E-state index in [1.165, 1.54) is 5.56 Å². The van der Waals surface area contributed by atoms with E-state index >= 15 is 0 Å². The lowest BCUT2D eigenvalue weighted by Gasteiger charge is -2.31. The summed E-state index contributed by atoms with van der Waals surface area (Å²) >= 11 is 0. The van der Waals surface area contributed by atoms with Crippen molar-refractivity contribution in [2.24, 2.45) is 11.8 Å². The van der Waals surface area contributed by atoms with Crippen molar-refractivity contribution in [2.75, 3.05) is 26.2 Å². The number of amides is 1. The number of carbonyl (C=O) groups is 1. The average Bonchev–Trinajstić information content (AvgIpc) is 2.42. The molecule has 0 aromatic heterocycles. The molecular weight excluding hydrogens is 300 g/mol. The molecule has 1 fully saturated rings. The first-order chi connectivity index (χ1) is 10.1. The van der Waals surface area contributed by atoms with Crippen LogP contribution in [-0.2, 0) is 4.79 Å². The molecule has 0 aliphatic carbocycles. The van der Waals surface area contributed by atoms with Crippen molar-refractivity contribution in [3.63, 3.8) is 0 Å². The second-order valence-electron chi connectivity index (χ2n) is 6.07. The normalized spacial score (nSPS) is 15.6. The zero-order valence-electron chi connectivity index (χ0n) is 13.6. The fraction of sp³-hybridized carbons (Fsp3) is 0.588. The molecule has 2 N–H and O–H groups in total. The minimum absolute atomic E-state index is 0. The predicted octanol–water partition coefficient (Wildman–Crippen LogP) is 2.58. The van der Waals surface area contributed by atoms with Crippen LogP contribution in [0.25, 0.3) is 0 Å². The van der Waals surface area contributed by atoms with Crippen LogP contribution in [-0.4, -0.2) is 32.1 Å². The molecule has 0 bridgehead atoms. The standard InChI is InChI=1S/C17H26N2O2.ClH/c1-12(2)14-4-6-16(7-5-14)21-9-8-19-17(20)13(3)15-10-18-11-15;/h4-7,12-13,15,18H,8-11H2,1-3H3,(H,19,20);1H. The van der Waals surface area contributed by atoms with Crippen LogP contribution < -0.4 is 15.4 Å². The molecular formula is C17H27ClN2O2. The van der Waals surface area contributed by atoms with Gasteiger partial charge < -0.3 is 15.4 Å². The Hall–Kier alpha value is -1.26. The van der Waals surface area contributed by atoms with Crippen molar-refractivity contribution in [3.05, 3.63) is 29.8 Å². The minimum atomic E-state index is 0. The van der Waals surface area contributed by atoms with Gasteiger partial charge >= 0.3 is 0 Å². The summed E-state index contributed by atoms with van der Waals surface area (Å²) in [6.07, 6.45) is 0. The molecule has 1 unspecified atom stereocenters. The summed E-state index contributed by atoms with van der Waals surface area (Å²) in [4.78, 5) is 11.9. The molecule has 4 nitrogen and oxygen atoms in total. The van der Waals surface area contributed by atoms with E-state index in [-0.39, 0.29) is 24.2 Å². The number of nitrogens with one attached hydrogen (secondary N) is 2. The Bertz CT molecular complexity index is 458. The van der Waals surface area contributed by atoms with Gasteiger partial charge in [0, 0.05) is 5.92 Å². The fourth-order valence-corrected chi connectivity index (χ4v) is 2.33. The smallest absolute Gasteiger partial charge is 0.223 e. The summed E-state index contributed by atoms with van der Waals surface area (Å²) in [5, 5.41) is 6.13. The third-order valence-corrected chi connectivity index (χ3v) is 4.15. The highest BCUT2D eigenvalue weighted by Crippen LogP contribution is 2.18. The van der Waals surface area contributed by atoms with Crippen LogP contribution in [0.1, 0.15) is 32.3 Å². The maximum Gasteiger partial charge on any atom is 0.223 e. The Morgan fingerprint density at radius 1 is 1.27 bits per heavy atom. The molecule has 1 heterocycles. The molecule has 1 aliphatic heterocycles. The molecule has 1 atom stereocenters. The van der Waals surface area contributed by atoms with E-state index in [0.717, 1.165) is 18.8 Å². The second-order valence-corrected chi connectivity index (χ2v) is 6.07. The quantitative estimate of drug-likeness (QED) is 0.757. The Balaban J connectivity index is 0.00000242. The van der Waals surface area contributed by atoms with Crippen LogP contribution in [0.3, 0.4) is 0 Å². The molecule has 1 aliphatic rings. The van der Waals surface area contributed by atoms with Crippen molar-refractivity contribution < 1.29 is 9.53 Å². The van der Waals surface area contributed by atoms with Gasteiger partial charge in [-0.15, -0.1) is 12.4 Å². The molecule has 1 amide bonds. The van der Waals surface area contributed by atoms with E-state index in [2.05, 4.69) is 36.6 Å². The number of hydrogen-bond acceptors (Lipinski definition) is 3. The van der Waals surface area contributed by atoms with Crippen LogP contribution in [0.4, 0.5) is 0 Å². The predicted molar refractivity (Wildman–Crippen MR) is 91.8 cm³/mol. The minimum Gasteiger partial charge on any atom is -0.492 e. The molecule has 22 heavy (non-hydrogen) atoms. The number of halogens is 1. The summed E-state index contributed by atoms with van der Waals surface area (Å²) in [6.45, 7) is 9.29. The number of rotatable bonds is 7. The van der Waals surface area contributed by atoms with Gasteiger partial charge in [0.2, 0.25) is 5.91 Å². The third-order valence-electron chi connectivity index (χ3n) is 4.15. The summed E-state index contributed by atoms with van der Waals surface area (Å²) in [5.41, 5.74) is 1.30. The molecule has 1 aromatic rings. The highest BCUT2D eigenvalue weighted by molar-refractivity contribution is 5.85. The van der Waals surface area contributed by atoms with E-state index in [4.69, 9.17) is 4.74 Å². The largest absolute Gasteiger partial charge is 0.492 e. The van der Waals surface area contributed by atoms with Crippen molar-refractivity contribution >= 4 is 18.3 Å². The Labute approximate surface area is 139 Å². The zero-order chi connectivity index (χ0) is 15.2. The van der Waals surface area contributed by atoms with Crippen LogP contribution in [0, 0.1) is 11.8 Å². The van der Waals surface area contributed by atoms with Crippen LogP contribution in [0.2, 0.25) is 0 Å². The molecule has 0 radical (unpaired) electrons. The molecule has 0 spiro atoms. The van der Waals surface area contributed by atoms with Gasteiger partial charge in [0.05, 0.1) is 6.54 Å². The average molecular weight is 327 g/mol. The molecule has 5 heteroatoms. The van der Waals surface area contributed by atoms with Gasteiger partial charge in [0.25, 0.3) is 0 Å². The Kier molecular flexibility index (Phi) is 7.69. The highest BCUT2D eigenvalue weighted by Gasteiger charge is 2.28. The van der Waals surface area contributed by atoms with Crippen LogP contribution >= 0.6 is 12.4 Å². The van der Waals surface area contributed by atoms with Gasteiger partial charge in [-0.25, -0.2) is 0 Å². The van der Waals surface area contributed by atoms with Crippen molar-refractivity contribution in [2.45, 2.75) is 26.7 Å². The first-order valence-electron chi connectivity index (χ1n) is 7.79. The van der Waals surface area contributed by atoms with Gasteiger partial charge in [-0.05, 0) is 42.6 Å². The topological polar surface area (TPSA) is 50.4 Å². The number of ether oxygens (including phenoxy) is 1. The first-order valence-corrected chi connectivity index (χ1v) is 7.79. The van der Waals surface area contributed by atoms with Crippen molar-refractivity contribution in [3.8, 4) is 5.75 Å². The van der Waals surface area contributed by atoms with E-state index in [0.29, 0.717) is 25.0 Å². The van der Waals surface area contributed by atoms with E-state index in [1.54, 1.807) is 0 Å². The van der Waals surface area contributed by atoms with E-state index < -0.39 is 0 Å². The molecule has 0 saturated carbocycles. The molecule has 124 valence electrons. The van der Waals surface area contributed by atoms with Gasteiger partial charge in [-0.3, -0.25) is 4.79 Å². The van der Waals surface area contributed by atoms with Crippen LogP contribution in [0.15, 0.2) is 24.3 Å². The molecule has 2 rings (SSSR count). The van der Waals surface area contributed by atoms with E-state index in [9.17, 15) is 4.79 Å². The van der Waals surface area contributed by atoms with Gasteiger partial charge in [-0.1, -0.05) is 32.9 Å². The summed E-state index contributed by atoms with van der Waals surface area (Å²) < 4.78 is 5.64. The van der Waals surface area contributed by atoms with Gasteiger partial charge in [0.15, 0.2) is 0 Å². The molecule has 1 aromatic carbocycles. The lowest BCUT2D eigenvalue weighted by molar-refractivity contribution is -0.126. The summed E-state index contributed by atoms with van der Waals surface area (Å²) in [7, 11) is 0. The Morgan fingerprint density at radius 2 is 1.91 bits per heavy atom. The maximum atomic E-state index is 11.9. The van der Waals surface area contributed by atoms with Gasteiger partial charge in [-0.2, -0.15) is 0 Å². The fourth-order valence-electron chi connectivity index (χ4n) is 2.33. The zero-order valence-corrected chi connectivity index (χ0v) is 14.4. The van der Waals surface area contributed by atoms with Crippen molar-refractivity contribution in [1.29, 1.82) is 0 Å². The second kappa shape index (κ2) is 9.01. The van der Waals surface area contributed by atoms with Crippen molar-refractivity contribution in [1.82, 2.24) is 10.6 Å². The number of hydrogen-bond donors (Lipinski definition) is 2. The SMILES string of the molecule is CC(C)c1ccc(OCCNC(=O)C(C)C2CNC2)cc1.Cl. The number of benzene rings is 1. The third kappa shape index (κ3) is 5.18. The van der Waals surface area contributed by atoms with E-state index in [1.807, 2.05) is 19.1 Å². The van der Waals surface area contributed by atoms with Gasteiger partial charge in [0.1, 0.15) is 12.4 Å². The summed E-state index contributed by atoms with van der Waals surface area (Å²) in [5.74, 6) is 2.07. The summed E-state index contributed by atoms with van der Waals surface area (Å²) in [6, 6.07) is 8.15. The lowest BCUT2D eigenvalue weighted by atomic mass is 9.88. The first kappa shape index (κ1) is 18.8. The Morgan fingerprint density at radius 3 is 2.41 bits per heavy atom. The monoisotopic (exact) mass is 326 g/mol. The maximum absolute atomic E-state index is 11.9. The number of carbonyl (C=O) groups excluding carboxylic acids is 1. The highest BCUT2D eigenvalue weighted by atomic mass is 35.5. The molecule has 1 saturated heterocycles. The lowest BCUT2D eigenvalue weighted by Crippen LogP contribution is -2.49. The van der Waals surface area contributed by atoms with Crippen LogP contribution in [0.5, 0.6) is 5.75 Å².